The van der Waals surface area contributed by atoms with Gasteiger partial charge in [0.25, 0.3) is 0 Å². The molecule has 0 bridgehead atoms. The van der Waals surface area contributed by atoms with Crippen LogP contribution in [0.25, 0.3) is 0 Å². The lowest BCUT2D eigenvalue weighted by Gasteiger charge is -2.22. The lowest BCUT2D eigenvalue weighted by atomic mass is 10.2. The zero-order valence-electron chi connectivity index (χ0n) is 14.2. The number of carbonyl (C=O) groups is 1. The van der Waals surface area contributed by atoms with Gasteiger partial charge in [-0.25, -0.2) is 8.42 Å². The number of ether oxygens (including phenoxy) is 1. The van der Waals surface area contributed by atoms with Gasteiger partial charge in [0.2, 0.25) is 15.9 Å². The summed E-state index contributed by atoms with van der Waals surface area (Å²) >= 11 is 0. The first kappa shape index (κ1) is 18.7. The second-order valence-corrected chi connectivity index (χ2v) is 7.33. The number of anilines is 2. The van der Waals surface area contributed by atoms with Crippen LogP contribution in [0.1, 0.15) is 12.8 Å². The summed E-state index contributed by atoms with van der Waals surface area (Å²) in [5.74, 6) is 0.462. The number of rotatable bonds is 8. The molecule has 0 atom stereocenters. The predicted molar refractivity (Wildman–Crippen MR) is 97.3 cm³/mol. The van der Waals surface area contributed by atoms with Gasteiger partial charge in [-0.15, -0.1) is 0 Å². The molecule has 1 amide bonds. The zero-order chi connectivity index (χ0) is 18.3. The molecule has 8 heteroatoms. The standard InChI is InChI=1S/C17H21N3O4S/c1-24-16-9-7-15(8-10-16)20(25(2,22)23)12-4-6-17(21)19-14-5-3-11-18-13-14/h3,5,7-11,13H,4,6,12H2,1-2H3,(H,19,21). The number of methoxy groups -OCH3 is 1. The van der Waals surface area contributed by atoms with Crippen molar-refractivity contribution in [3.05, 3.63) is 48.8 Å². The van der Waals surface area contributed by atoms with Gasteiger partial charge in [0.15, 0.2) is 0 Å². The smallest absolute Gasteiger partial charge is 0.232 e. The normalized spacial score (nSPS) is 11.0. The van der Waals surface area contributed by atoms with E-state index in [-0.39, 0.29) is 18.9 Å². The number of sulfonamides is 1. The monoisotopic (exact) mass is 363 g/mol. The highest BCUT2D eigenvalue weighted by Crippen LogP contribution is 2.22. The average Bonchev–Trinajstić information content (AvgIpc) is 2.59. The van der Waals surface area contributed by atoms with E-state index < -0.39 is 10.0 Å². The van der Waals surface area contributed by atoms with Gasteiger partial charge in [0.05, 0.1) is 30.9 Å². The molecule has 25 heavy (non-hydrogen) atoms. The molecule has 0 spiro atoms. The van der Waals surface area contributed by atoms with Crippen molar-refractivity contribution in [2.75, 3.05) is 29.5 Å². The van der Waals surface area contributed by atoms with Crippen molar-refractivity contribution in [2.45, 2.75) is 12.8 Å². The van der Waals surface area contributed by atoms with Crippen LogP contribution < -0.4 is 14.4 Å². The van der Waals surface area contributed by atoms with Gasteiger partial charge in [-0.3, -0.25) is 14.1 Å². The fourth-order valence-electron chi connectivity index (χ4n) is 2.28. The Balaban J connectivity index is 1.95. The summed E-state index contributed by atoms with van der Waals surface area (Å²) in [6.07, 6.45) is 4.92. The Morgan fingerprint density at radius 1 is 1.24 bits per heavy atom. The number of benzene rings is 1. The molecule has 0 aliphatic rings. The van der Waals surface area contributed by atoms with Gasteiger partial charge in [-0.2, -0.15) is 0 Å². The van der Waals surface area contributed by atoms with Crippen LogP contribution >= 0.6 is 0 Å². The summed E-state index contributed by atoms with van der Waals surface area (Å²) in [4.78, 5) is 15.9. The lowest BCUT2D eigenvalue weighted by Crippen LogP contribution is -2.31. The average molecular weight is 363 g/mol. The van der Waals surface area contributed by atoms with Crippen LogP contribution in [0.4, 0.5) is 11.4 Å². The van der Waals surface area contributed by atoms with Crippen molar-refractivity contribution in [2.24, 2.45) is 0 Å². The maximum absolute atomic E-state index is 12.0. The molecule has 0 saturated heterocycles. The van der Waals surface area contributed by atoms with Crippen LogP contribution in [0.5, 0.6) is 5.75 Å². The Bertz CT molecular complexity index is 792. The third kappa shape index (κ3) is 5.75. The second kappa shape index (κ2) is 8.48. The summed E-state index contributed by atoms with van der Waals surface area (Å²) in [5, 5.41) is 2.72. The number of amides is 1. The fraction of sp³-hybridized carbons (Fsp3) is 0.294. The van der Waals surface area contributed by atoms with Gasteiger partial charge < -0.3 is 10.1 Å². The van der Waals surface area contributed by atoms with Crippen LogP contribution in [0, 0.1) is 0 Å². The van der Waals surface area contributed by atoms with Crippen LogP contribution in [0.15, 0.2) is 48.8 Å². The molecular formula is C17H21N3O4S. The van der Waals surface area contributed by atoms with Crippen molar-refractivity contribution in [1.82, 2.24) is 4.98 Å². The highest BCUT2D eigenvalue weighted by molar-refractivity contribution is 7.92. The van der Waals surface area contributed by atoms with Crippen molar-refractivity contribution in [1.29, 1.82) is 0 Å². The molecule has 1 aromatic heterocycles. The zero-order valence-corrected chi connectivity index (χ0v) is 15.0. The molecule has 1 heterocycles. The molecule has 1 N–H and O–H groups in total. The Kier molecular flexibility index (Phi) is 6.35. The van der Waals surface area contributed by atoms with Gasteiger partial charge in [0, 0.05) is 19.2 Å². The largest absolute Gasteiger partial charge is 0.497 e. The van der Waals surface area contributed by atoms with E-state index in [9.17, 15) is 13.2 Å². The summed E-state index contributed by atoms with van der Waals surface area (Å²) in [6, 6.07) is 10.2. The van der Waals surface area contributed by atoms with Crippen LogP contribution in [-0.2, 0) is 14.8 Å². The molecule has 0 aliphatic heterocycles. The molecule has 0 unspecified atom stereocenters. The molecule has 7 nitrogen and oxygen atoms in total. The highest BCUT2D eigenvalue weighted by Gasteiger charge is 2.17. The van der Waals surface area contributed by atoms with Crippen molar-refractivity contribution < 1.29 is 17.9 Å². The highest BCUT2D eigenvalue weighted by atomic mass is 32.2. The van der Waals surface area contributed by atoms with E-state index in [0.29, 0.717) is 23.5 Å². The number of carbonyl (C=O) groups excluding carboxylic acids is 1. The van der Waals surface area contributed by atoms with Crippen molar-refractivity contribution in [3.63, 3.8) is 0 Å². The fourth-order valence-corrected chi connectivity index (χ4v) is 3.24. The van der Waals surface area contributed by atoms with E-state index >= 15 is 0 Å². The van der Waals surface area contributed by atoms with Crippen molar-refractivity contribution in [3.8, 4) is 5.75 Å². The van der Waals surface area contributed by atoms with Gasteiger partial charge in [0.1, 0.15) is 5.75 Å². The number of hydrogen-bond acceptors (Lipinski definition) is 5. The number of aromatic nitrogens is 1. The first-order chi connectivity index (χ1) is 11.9. The van der Waals surface area contributed by atoms with E-state index in [4.69, 9.17) is 4.74 Å². The first-order valence-corrected chi connectivity index (χ1v) is 9.56. The molecule has 0 radical (unpaired) electrons. The minimum Gasteiger partial charge on any atom is -0.497 e. The van der Waals surface area contributed by atoms with Crippen molar-refractivity contribution >= 4 is 27.3 Å². The second-order valence-electron chi connectivity index (χ2n) is 5.43. The summed E-state index contributed by atoms with van der Waals surface area (Å²) in [7, 11) is -1.90. The van der Waals surface area contributed by atoms with E-state index in [2.05, 4.69) is 10.3 Å². The molecule has 1 aromatic carbocycles. The maximum Gasteiger partial charge on any atom is 0.232 e. The Morgan fingerprint density at radius 2 is 1.96 bits per heavy atom. The minimum atomic E-state index is -3.44. The van der Waals surface area contributed by atoms with Gasteiger partial charge in [-0.05, 0) is 42.8 Å². The number of hydrogen-bond donors (Lipinski definition) is 1. The van der Waals surface area contributed by atoms with E-state index in [0.717, 1.165) is 6.26 Å². The molecular weight excluding hydrogens is 342 g/mol. The molecule has 2 aromatic rings. The third-order valence-corrected chi connectivity index (χ3v) is 4.67. The maximum atomic E-state index is 12.0. The third-order valence-electron chi connectivity index (χ3n) is 3.47. The molecule has 0 fully saturated rings. The molecule has 0 aliphatic carbocycles. The van der Waals surface area contributed by atoms with Crippen LogP contribution in [0.2, 0.25) is 0 Å². The summed E-state index contributed by atoms with van der Waals surface area (Å²) in [5.41, 5.74) is 1.15. The molecule has 0 saturated carbocycles. The lowest BCUT2D eigenvalue weighted by molar-refractivity contribution is -0.116. The Hall–Kier alpha value is -2.61. The molecule has 2 rings (SSSR count). The van der Waals surface area contributed by atoms with Crippen LogP contribution in [-0.4, -0.2) is 39.2 Å². The molecule has 134 valence electrons. The Labute approximate surface area is 147 Å². The van der Waals surface area contributed by atoms with Crippen LogP contribution in [0.3, 0.4) is 0 Å². The van der Waals surface area contributed by atoms with Gasteiger partial charge in [-0.1, -0.05) is 0 Å². The topological polar surface area (TPSA) is 88.6 Å². The van der Waals surface area contributed by atoms with Gasteiger partial charge >= 0.3 is 0 Å². The summed E-state index contributed by atoms with van der Waals surface area (Å²) in [6.45, 7) is 0.214. The quantitative estimate of drug-likeness (QED) is 0.777. The minimum absolute atomic E-state index is 0.184. The Morgan fingerprint density at radius 3 is 2.52 bits per heavy atom. The van der Waals surface area contributed by atoms with E-state index in [1.54, 1.807) is 55.9 Å². The van der Waals surface area contributed by atoms with E-state index in [1.807, 2.05) is 0 Å². The number of nitrogens with zero attached hydrogens (tertiary/aromatic N) is 2. The number of pyridine rings is 1. The SMILES string of the molecule is COc1ccc(N(CCCC(=O)Nc2cccnc2)S(C)(=O)=O)cc1. The first-order valence-electron chi connectivity index (χ1n) is 7.72. The number of nitrogens with one attached hydrogen (secondary N) is 1. The summed E-state index contributed by atoms with van der Waals surface area (Å²) < 4.78 is 30.4. The predicted octanol–water partition coefficient (Wildman–Crippen LogP) is 2.28. The van der Waals surface area contributed by atoms with E-state index in [1.165, 1.54) is 4.31 Å².